The van der Waals surface area contributed by atoms with Gasteiger partial charge in [0.1, 0.15) is 0 Å². The maximum absolute atomic E-state index is 11.2. The van der Waals surface area contributed by atoms with Crippen molar-refractivity contribution in [3.8, 4) is 0 Å². The van der Waals surface area contributed by atoms with Gasteiger partial charge >= 0.3 is 5.97 Å². The zero-order chi connectivity index (χ0) is 11.9. The van der Waals surface area contributed by atoms with Crippen molar-refractivity contribution >= 4 is 16.2 Å². The van der Waals surface area contributed by atoms with Crippen LogP contribution in [0.3, 0.4) is 0 Å². The second kappa shape index (κ2) is 6.72. The molecule has 0 saturated heterocycles. The Bertz CT molecular complexity index is 290. The van der Waals surface area contributed by atoms with Crippen molar-refractivity contribution in [1.82, 2.24) is 9.44 Å². The molecule has 7 nitrogen and oxygen atoms in total. The van der Waals surface area contributed by atoms with Gasteiger partial charge in [0.2, 0.25) is 0 Å². The van der Waals surface area contributed by atoms with Crippen LogP contribution in [0.1, 0.15) is 6.92 Å². The summed E-state index contributed by atoms with van der Waals surface area (Å²) in [6.45, 7) is 1.68. The smallest absolute Gasteiger partial charge is 0.307 e. The van der Waals surface area contributed by atoms with Crippen LogP contribution in [0, 0.1) is 5.92 Å². The quantitative estimate of drug-likeness (QED) is 0.461. The maximum Gasteiger partial charge on any atom is 0.307 e. The van der Waals surface area contributed by atoms with E-state index in [2.05, 4.69) is 14.2 Å². The summed E-state index contributed by atoms with van der Waals surface area (Å²) in [6, 6.07) is 0. The minimum absolute atomic E-state index is 0.141. The highest BCUT2D eigenvalue weighted by atomic mass is 32.2. The van der Waals surface area contributed by atoms with Gasteiger partial charge in [0, 0.05) is 20.2 Å². The van der Waals surface area contributed by atoms with Gasteiger partial charge in [0.05, 0.1) is 12.5 Å². The molecule has 0 fully saturated rings. The minimum Gasteiger partial charge on any atom is -0.481 e. The summed E-state index contributed by atoms with van der Waals surface area (Å²) in [6.07, 6.45) is 0. The van der Waals surface area contributed by atoms with E-state index in [-0.39, 0.29) is 19.7 Å². The lowest BCUT2D eigenvalue weighted by Gasteiger charge is -2.09. The Morgan fingerprint density at radius 2 is 2.07 bits per heavy atom. The zero-order valence-electron chi connectivity index (χ0n) is 8.69. The predicted molar refractivity (Wildman–Crippen MR) is 53.6 cm³/mol. The molecule has 0 amide bonds. The number of carboxylic acid groups (broad SMARTS) is 1. The highest BCUT2D eigenvalue weighted by Crippen LogP contribution is 1.92. The number of hydrogen-bond donors (Lipinski definition) is 3. The highest BCUT2D eigenvalue weighted by molar-refractivity contribution is 7.87. The summed E-state index contributed by atoms with van der Waals surface area (Å²) in [5.74, 6) is -1.81. The first-order valence-electron chi connectivity index (χ1n) is 4.35. The topological polar surface area (TPSA) is 105 Å². The second-order valence-corrected chi connectivity index (χ2v) is 4.56. The van der Waals surface area contributed by atoms with E-state index in [1.165, 1.54) is 14.0 Å². The average molecular weight is 240 g/mol. The van der Waals surface area contributed by atoms with Gasteiger partial charge in [-0.25, -0.2) is 4.72 Å². The lowest BCUT2D eigenvalue weighted by atomic mass is 10.2. The third-order valence-electron chi connectivity index (χ3n) is 1.60. The number of ether oxygens (including phenoxy) is 1. The van der Waals surface area contributed by atoms with Crippen LogP contribution in [-0.2, 0) is 19.7 Å². The van der Waals surface area contributed by atoms with Crippen LogP contribution in [0.15, 0.2) is 0 Å². The molecule has 1 unspecified atom stereocenters. The van der Waals surface area contributed by atoms with Crippen LogP contribution in [-0.4, -0.2) is 46.3 Å². The van der Waals surface area contributed by atoms with Gasteiger partial charge in [0.15, 0.2) is 0 Å². The molecule has 0 heterocycles. The number of hydrogen-bond acceptors (Lipinski definition) is 4. The fourth-order valence-electron chi connectivity index (χ4n) is 0.651. The van der Waals surface area contributed by atoms with Crippen LogP contribution in [0.5, 0.6) is 0 Å². The molecule has 0 aliphatic carbocycles. The third-order valence-corrected chi connectivity index (χ3v) is 2.73. The summed E-state index contributed by atoms with van der Waals surface area (Å²) < 4.78 is 31.3. The minimum atomic E-state index is -3.63. The van der Waals surface area contributed by atoms with E-state index in [9.17, 15) is 13.2 Å². The number of rotatable bonds is 8. The number of carboxylic acids is 1. The van der Waals surface area contributed by atoms with Gasteiger partial charge in [-0.05, 0) is 0 Å². The molecule has 3 N–H and O–H groups in total. The number of aliphatic carboxylic acids is 1. The molecule has 0 saturated carbocycles. The lowest BCUT2D eigenvalue weighted by molar-refractivity contribution is -0.140. The number of nitrogens with one attached hydrogen (secondary N) is 2. The average Bonchev–Trinajstić information content (AvgIpc) is 2.14. The first kappa shape index (κ1) is 14.3. The van der Waals surface area contributed by atoms with Crippen LogP contribution in [0.25, 0.3) is 0 Å². The molecule has 0 aromatic carbocycles. The third kappa shape index (κ3) is 7.25. The van der Waals surface area contributed by atoms with E-state index >= 15 is 0 Å². The van der Waals surface area contributed by atoms with Crippen molar-refractivity contribution in [3.05, 3.63) is 0 Å². The van der Waals surface area contributed by atoms with Crippen molar-refractivity contribution in [1.29, 1.82) is 0 Å². The SMILES string of the molecule is COCCNS(=O)(=O)NCC(C)C(=O)O. The summed E-state index contributed by atoms with van der Waals surface area (Å²) in [5, 5.41) is 8.52. The molecule has 0 aliphatic rings. The fourth-order valence-corrected chi connectivity index (χ4v) is 1.57. The first-order valence-corrected chi connectivity index (χ1v) is 5.83. The highest BCUT2D eigenvalue weighted by Gasteiger charge is 2.15. The molecule has 8 heteroatoms. The Hall–Kier alpha value is -0.700. The first-order chi connectivity index (χ1) is 6.89. The molecule has 0 aliphatic heterocycles. The summed E-state index contributed by atoms with van der Waals surface area (Å²) in [4.78, 5) is 10.4. The number of methoxy groups -OCH3 is 1. The van der Waals surface area contributed by atoms with Gasteiger partial charge in [-0.3, -0.25) is 4.79 Å². The molecule has 1 atom stereocenters. The normalized spacial score (nSPS) is 13.7. The Labute approximate surface area is 89.0 Å². The zero-order valence-corrected chi connectivity index (χ0v) is 9.50. The van der Waals surface area contributed by atoms with Crippen molar-refractivity contribution in [2.75, 3.05) is 26.8 Å². The van der Waals surface area contributed by atoms with Crippen molar-refractivity contribution < 1.29 is 23.1 Å². The molecule has 0 rings (SSSR count). The molecular formula is C7H16N2O5S. The Balaban J connectivity index is 3.89. The van der Waals surface area contributed by atoms with Gasteiger partial charge in [0.25, 0.3) is 10.2 Å². The fraction of sp³-hybridized carbons (Fsp3) is 0.857. The largest absolute Gasteiger partial charge is 0.481 e. The maximum atomic E-state index is 11.2. The van der Waals surface area contributed by atoms with Crippen LogP contribution >= 0.6 is 0 Å². The van der Waals surface area contributed by atoms with Crippen molar-refractivity contribution in [3.63, 3.8) is 0 Å². The van der Waals surface area contributed by atoms with Crippen LogP contribution in [0.4, 0.5) is 0 Å². The van der Waals surface area contributed by atoms with Crippen LogP contribution < -0.4 is 9.44 Å². The lowest BCUT2D eigenvalue weighted by Crippen LogP contribution is -2.41. The molecule has 0 bridgehead atoms. The summed E-state index contributed by atoms with van der Waals surface area (Å²) >= 11 is 0. The molecule has 0 radical (unpaired) electrons. The predicted octanol–water partition coefficient (Wildman–Crippen LogP) is -1.22. The van der Waals surface area contributed by atoms with Gasteiger partial charge in [-0.1, -0.05) is 6.92 Å². The van der Waals surface area contributed by atoms with Crippen molar-refractivity contribution in [2.45, 2.75) is 6.92 Å². The van der Waals surface area contributed by atoms with E-state index in [0.717, 1.165) is 0 Å². The van der Waals surface area contributed by atoms with E-state index < -0.39 is 22.1 Å². The molecule has 0 aromatic heterocycles. The van der Waals surface area contributed by atoms with Gasteiger partial charge in [-0.2, -0.15) is 13.1 Å². The van der Waals surface area contributed by atoms with Gasteiger partial charge < -0.3 is 9.84 Å². The molecule has 0 aromatic rings. The van der Waals surface area contributed by atoms with E-state index in [1.54, 1.807) is 0 Å². The van der Waals surface area contributed by atoms with E-state index in [1.807, 2.05) is 0 Å². The monoisotopic (exact) mass is 240 g/mol. The van der Waals surface area contributed by atoms with E-state index in [0.29, 0.717) is 0 Å². The van der Waals surface area contributed by atoms with Gasteiger partial charge in [-0.15, -0.1) is 0 Å². The Morgan fingerprint density at radius 3 is 2.53 bits per heavy atom. The summed E-state index contributed by atoms with van der Waals surface area (Å²) in [5.41, 5.74) is 0. The Kier molecular flexibility index (Phi) is 6.41. The van der Waals surface area contributed by atoms with Crippen LogP contribution in [0.2, 0.25) is 0 Å². The van der Waals surface area contributed by atoms with E-state index in [4.69, 9.17) is 5.11 Å². The summed E-state index contributed by atoms with van der Waals surface area (Å²) in [7, 11) is -2.17. The molecule has 15 heavy (non-hydrogen) atoms. The second-order valence-electron chi connectivity index (χ2n) is 2.98. The molecule has 90 valence electrons. The molecular weight excluding hydrogens is 224 g/mol. The standard InChI is InChI=1S/C7H16N2O5S/c1-6(7(10)11)5-9-15(12,13)8-3-4-14-2/h6,8-9H,3-5H2,1-2H3,(H,10,11). The molecule has 0 spiro atoms. The Morgan fingerprint density at radius 1 is 1.47 bits per heavy atom. The number of carbonyl (C=O) groups is 1. The van der Waals surface area contributed by atoms with Crippen molar-refractivity contribution in [2.24, 2.45) is 5.92 Å².